The number of aromatic amines is 1. The molecule has 0 atom stereocenters. The Morgan fingerprint density at radius 3 is 2.69 bits per heavy atom. The second-order valence-corrected chi connectivity index (χ2v) is 7.41. The molecule has 2 aromatic heterocycles. The number of hydrogen-bond donors (Lipinski definition) is 2. The quantitative estimate of drug-likeness (QED) is 0.401. The molecule has 7 heteroatoms. The van der Waals surface area contributed by atoms with Gasteiger partial charge in [-0.15, -0.1) is 10.2 Å². The summed E-state index contributed by atoms with van der Waals surface area (Å²) in [5.41, 5.74) is 2.64. The van der Waals surface area contributed by atoms with Gasteiger partial charge in [0.15, 0.2) is 0 Å². The van der Waals surface area contributed by atoms with Gasteiger partial charge in [-0.3, -0.25) is 4.79 Å². The molecule has 3 aromatic carbocycles. The Bertz CT molecular complexity index is 1320. The molecule has 5 aromatic rings. The molecular formula is C22H16N4O2S. The molecule has 2 heterocycles. The first kappa shape index (κ1) is 17.5. The third kappa shape index (κ3) is 3.48. The molecule has 0 saturated heterocycles. The summed E-state index contributed by atoms with van der Waals surface area (Å²) in [6.07, 6.45) is 1.85. The number of aromatic nitrogens is 3. The Kier molecular flexibility index (Phi) is 4.50. The van der Waals surface area contributed by atoms with E-state index in [1.165, 1.54) is 11.8 Å². The molecule has 0 aliphatic carbocycles. The van der Waals surface area contributed by atoms with Crippen LogP contribution >= 0.6 is 11.8 Å². The summed E-state index contributed by atoms with van der Waals surface area (Å²) in [6.45, 7) is 0. The zero-order chi connectivity index (χ0) is 19.6. The molecule has 0 aliphatic heterocycles. The van der Waals surface area contributed by atoms with Crippen LogP contribution in [0.2, 0.25) is 0 Å². The lowest BCUT2D eigenvalue weighted by molar-refractivity contribution is -0.113. The molecule has 0 saturated carbocycles. The van der Waals surface area contributed by atoms with E-state index in [4.69, 9.17) is 4.42 Å². The van der Waals surface area contributed by atoms with Gasteiger partial charge in [-0.05, 0) is 17.5 Å². The Balaban J connectivity index is 1.28. The summed E-state index contributed by atoms with van der Waals surface area (Å²) in [5, 5.41) is 14.6. The number of benzene rings is 3. The minimum Gasteiger partial charge on any atom is -0.411 e. The first-order chi connectivity index (χ1) is 14.3. The van der Waals surface area contributed by atoms with Crippen LogP contribution in [0.25, 0.3) is 33.1 Å². The van der Waals surface area contributed by atoms with E-state index in [9.17, 15) is 4.79 Å². The number of amides is 1. The van der Waals surface area contributed by atoms with Crippen molar-refractivity contribution < 1.29 is 9.21 Å². The summed E-state index contributed by atoms with van der Waals surface area (Å²) in [4.78, 5) is 15.6. The number of hydrogen-bond acceptors (Lipinski definition) is 5. The summed E-state index contributed by atoms with van der Waals surface area (Å²) in [6, 6.07) is 21.7. The molecule has 29 heavy (non-hydrogen) atoms. The van der Waals surface area contributed by atoms with Crippen LogP contribution in [0.5, 0.6) is 0 Å². The van der Waals surface area contributed by atoms with Crippen molar-refractivity contribution in [2.45, 2.75) is 5.22 Å². The minimum absolute atomic E-state index is 0.127. The van der Waals surface area contributed by atoms with E-state index in [1.54, 1.807) is 0 Å². The van der Waals surface area contributed by atoms with Gasteiger partial charge in [0.05, 0.1) is 11.3 Å². The molecule has 2 N–H and O–H groups in total. The molecular weight excluding hydrogens is 384 g/mol. The van der Waals surface area contributed by atoms with Crippen molar-refractivity contribution >= 4 is 45.0 Å². The van der Waals surface area contributed by atoms with Crippen LogP contribution in [0.1, 0.15) is 0 Å². The number of H-pyrrole nitrogens is 1. The van der Waals surface area contributed by atoms with E-state index in [-0.39, 0.29) is 11.7 Å². The van der Waals surface area contributed by atoms with Gasteiger partial charge in [0.1, 0.15) is 0 Å². The van der Waals surface area contributed by atoms with Crippen LogP contribution in [-0.2, 0) is 4.79 Å². The number of thioether (sulfide) groups is 1. The van der Waals surface area contributed by atoms with Gasteiger partial charge < -0.3 is 14.7 Å². The summed E-state index contributed by atoms with van der Waals surface area (Å²) < 4.78 is 5.75. The normalized spacial score (nSPS) is 11.2. The second-order valence-electron chi connectivity index (χ2n) is 6.48. The maximum atomic E-state index is 12.4. The standard InChI is InChI=1S/C22H16N4O2S/c27-20(24-19-11-5-7-14-6-1-2-8-15(14)19)13-29-22-26-25-21(28-22)17-12-23-18-10-4-3-9-16(17)18/h1-12,23H,13H2,(H,24,27). The van der Waals surface area contributed by atoms with Crippen LogP contribution in [-0.4, -0.2) is 26.8 Å². The molecule has 0 bridgehead atoms. The number of rotatable bonds is 5. The predicted molar refractivity (Wildman–Crippen MR) is 115 cm³/mol. The SMILES string of the molecule is O=C(CSc1nnc(-c2c[nH]c3ccccc23)o1)Nc1cccc2ccccc12. The Labute approximate surface area is 170 Å². The first-order valence-corrected chi connectivity index (χ1v) is 10.1. The minimum atomic E-state index is -0.127. The van der Waals surface area contributed by atoms with E-state index >= 15 is 0 Å². The van der Waals surface area contributed by atoms with Crippen LogP contribution in [0.15, 0.2) is 82.6 Å². The molecule has 0 aliphatic rings. The average Bonchev–Trinajstić information content (AvgIpc) is 3.39. The number of nitrogens with zero attached hydrogens (tertiary/aromatic N) is 2. The van der Waals surface area contributed by atoms with Crippen LogP contribution in [0.4, 0.5) is 5.69 Å². The number of para-hydroxylation sites is 1. The van der Waals surface area contributed by atoms with E-state index in [0.29, 0.717) is 11.1 Å². The van der Waals surface area contributed by atoms with E-state index < -0.39 is 0 Å². The fraction of sp³-hybridized carbons (Fsp3) is 0.0455. The number of carbonyl (C=O) groups excluding carboxylic acids is 1. The predicted octanol–water partition coefficient (Wildman–Crippen LogP) is 5.10. The molecule has 0 spiro atoms. The van der Waals surface area contributed by atoms with Crippen molar-refractivity contribution in [1.82, 2.24) is 15.2 Å². The fourth-order valence-electron chi connectivity index (χ4n) is 3.27. The van der Waals surface area contributed by atoms with Crippen molar-refractivity contribution in [2.75, 3.05) is 11.1 Å². The van der Waals surface area contributed by atoms with Gasteiger partial charge in [0.2, 0.25) is 5.91 Å². The summed E-state index contributed by atoms with van der Waals surface area (Å²) >= 11 is 1.21. The zero-order valence-electron chi connectivity index (χ0n) is 15.3. The summed E-state index contributed by atoms with van der Waals surface area (Å²) in [5.74, 6) is 0.483. The Hall–Kier alpha value is -3.58. The van der Waals surface area contributed by atoms with Crippen LogP contribution < -0.4 is 5.32 Å². The van der Waals surface area contributed by atoms with E-state index in [2.05, 4.69) is 20.5 Å². The van der Waals surface area contributed by atoms with E-state index in [0.717, 1.165) is 32.9 Å². The lowest BCUT2D eigenvalue weighted by Gasteiger charge is -2.07. The van der Waals surface area contributed by atoms with Gasteiger partial charge in [0, 0.05) is 28.2 Å². The third-order valence-electron chi connectivity index (χ3n) is 4.62. The van der Waals surface area contributed by atoms with Gasteiger partial charge in [-0.1, -0.05) is 66.4 Å². The van der Waals surface area contributed by atoms with Crippen molar-refractivity contribution in [3.63, 3.8) is 0 Å². The number of anilines is 1. The smallest absolute Gasteiger partial charge is 0.277 e. The fourth-order valence-corrected chi connectivity index (χ4v) is 3.84. The molecule has 142 valence electrons. The average molecular weight is 400 g/mol. The maximum Gasteiger partial charge on any atom is 0.277 e. The number of fused-ring (bicyclic) bond motifs is 2. The van der Waals surface area contributed by atoms with E-state index in [1.807, 2.05) is 72.9 Å². The first-order valence-electron chi connectivity index (χ1n) is 9.08. The number of nitrogens with one attached hydrogen (secondary N) is 2. The van der Waals surface area contributed by atoms with Crippen LogP contribution in [0, 0.1) is 0 Å². The molecule has 0 fully saturated rings. The highest BCUT2D eigenvalue weighted by molar-refractivity contribution is 7.99. The van der Waals surface area contributed by atoms with Gasteiger partial charge >= 0.3 is 0 Å². The van der Waals surface area contributed by atoms with Crippen molar-refractivity contribution in [3.05, 3.63) is 72.9 Å². The van der Waals surface area contributed by atoms with Crippen LogP contribution in [0.3, 0.4) is 0 Å². The Morgan fingerprint density at radius 2 is 1.76 bits per heavy atom. The van der Waals surface area contributed by atoms with Gasteiger partial charge in [0.25, 0.3) is 11.1 Å². The van der Waals surface area contributed by atoms with Gasteiger partial charge in [-0.2, -0.15) is 0 Å². The maximum absolute atomic E-state index is 12.4. The highest BCUT2D eigenvalue weighted by Crippen LogP contribution is 2.29. The van der Waals surface area contributed by atoms with Crippen molar-refractivity contribution in [1.29, 1.82) is 0 Å². The molecule has 0 radical (unpaired) electrons. The summed E-state index contributed by atoms with van der Waals surface area (Å²) in [7, 11) is 0. The molecule has 1 amide bonds. The topological polar surface area (TPSA) is 83.8 Å². The highest BCUT2D eigenvalue weighted by Gasteiger charge is 2.15. The van der Waals surface area contributed by atoms with Crippen molar-refractivity contribution in [2.24, 2.45) is 0 Å². The highest BCUT2D eigenvalue weighted by atomic mass is 32.2. The number of carbonyl (C=O) groups is 1. The van der Waals surface area contributed by atoms with Crippen molar-refractivity contribution in [3.8, 4) is 11.5 Å². The largest absolute Gasteiger partial charge is 0.411 e. The Morgan fingerprint density at radius 1 is 0.966 bits per heavy atom. The molecule has 0 unspecified atom stereocenters. The molecule has 6 nitrogen and oxygen atoms in total. The zero-order valence-corrected chi connectivity index (χ0v) is 16.1. The lowest BCUT2D eigenvalue weighted by atomic mass is 10.1. The lowest BCUT2D eigenvalue weighted by Crippen LogP contribution is -2.14. The second kappa shape index (κ2) is 7.44. The molecule has 5 rings (SSSR count). The third-order valence-corrected chi connectivity index (χ3v) is 5.44. The van der Waals surface area contributed by atoms with Gasteiger partial charge in [-0.25, -0.2) is 0 Å². The monoisotopic (exact) mass is 400 g/mol.